The molecule has 0 saturated carbocycles. The average molecular weight is 580 g/mol. The van der Waals surface area contributed by atoms with E-state index < -0.39 is 29.1 Å². The molecule has 5 rings (SSSR count). The van der Waals surface area contributed by atoms with Crippen LogP contribution in [0.15, 0.2) is 54.6 Å². The summed E-state index contributed by atoms with van der Waals surface area (Å²) >= 11 is 0. The Morgan fingerprint density at radius 3 is 2.39 bits per heavy atom. The van der Waals surface area contributed by atoms with Crippen LogP contribution in [-0.4, -0.2) is 37.3 Å². The molecule has 0 spiro atoms. The van der Waals surface area contributed by atoms with Gasteiger partial charge in [-0.2, -0.15) is 13.2 Å². The molecule has 0 bridgehead atoms. The minimum absolute atomic E-state index is 0.0874. The lowest BCUT2D eigenvalue weighted by atomic mass is 9.86. The monoisotopic (exact) mass is 579 g/mol. The van der Waals surface area contributed by atoms with Gasteiger partial charge < -0.3 is 4.74 Å². The highest BCUT2D eigenvalue weighted by atomic mass is 19.4. The van der Waals surface area contributed by atoms with Crippen LogP contribution in [0, 0.1) is 11.6 Å². The van der Waals surface area contributed by atoms with Crippen molar-refractivity contribution >= 4 is 11.1 Å². The lowest BCUT2D eigenvalue weighted by Crippen LogP contribution is -2.26. The quantitative estimate of drug-likeness (QED) is 0.251. The van der Waals surface area contributed by atoms with Gasteiger partial charge in [0, 0.05) is 24.2 Å². The molecule has 218 valence electrons. The van der Waals surface area contributed by atoms with Crippen molar-refractivity contribution in [1.29, 1.82) is 0 Å². The lowest BCUT2D eigenvalue weighted by Gasteiger charge is -2.21. The van der Waals surface area contributed by atoms with Crippen LogP contribution in [0.2, 0.25) is 0 Å². The Labute approximate surface area is 233 Å². The summed E-state index contributed by atoms with van der Waals surface area (Å²) in [7, 11) is 0. The molecule has 10 heteroatoms. The summed E-state index contributed by atoms with van der Waals surface area (Å²) in [5.41, 5.74) is 0.212. The van der Waals surface area contributed by atoms with Crippen molar-refractivity contribution < 1.29 is 40.5 Å². The van der Waals surface area contributed by atoms with Gasteiger partial charge in [-0.05, 0) is 95.8 Å². The van der Waals surface area contributed by atoms with E-state index in [1.165, 1.54) is 6.07 Å². The molecule has 0 unspecified atom stereocenters. The molecule has 3 aromatic rings. The Bertz CT molecular complexity index is 1420. The average Bonchev–Trinajstić information content (AvgIpc) is 3.30. The van der Waals surface area contributed by atoms with E-state index in [4.69, 9.17) is 4.74 Å². The highest BCUT2D eigenvalue weighted by Crippen LogP contribution is 2.45. The summed E-state index contributed by atoms with van der Waals surface area (Å²) in [6.07, 6.45) is -3.14. The number of fused-ring (bicyclic) bond motifs is 1. The zero-order valence-electron chi connectivity index (χ0n) is 22.0. The Kier molecular flexibility index (Phi) is 8.58. The van der Waals surface area contributed by atoms with Crippen LogP contribution in [0.4, 0.5) is 30.9 Å². The molecular weight excluding hydrogens is 551 g/mol. The van der Waals surface area contributed by atoms with Crippen LogP contribution in [0.1, 0.15) is 53.5 Å². The van der Waals surface area contributed by atoms with Gasteiger partial charge in [-0.3, -0.25) is 14.2 Å². The number of halogens is 7. The summed E-state index contributed by atoms with van der Waals surface area (Å²) in [4.78, 5) is 5.80. The molecule has 1 aliphatic heterocycles. The minimum Gasteiger partial charge on any atom is -0.489 e. The molecule has 0 radical (unpaired) electrons. The third-order valence-corrected chi connectivity index (χ3v) is 7.61. The van der Waals surface area contributed by atoms with Gasteiger partial charge in [-0.15, -0.1) is 0 Å². The maximum Gasteiger partial charge on any atom is 0.417 e. The van der Waals surface area contributed by atoms with Crippen molar-refractivity contribution in [2.45, 2.75) is 44.4 Å². The Morgan fingerprint density at radius 2 is 1.68 bits per heavy atom. The molecule has 1 atom stereocenters. The van der Waals surface area contributed by atoms with Crippen molar-refractivity contribution in [2.24, 2.45) is 0 Å². The van der Waals surface area contributed by atoms with Crippen LogP contribution in [0.3, 0.4) is 0 Å². The highest BCUT2D eigenvalue weighted by molar-refractivity contribution is 6.00. The van der Waals surface area contributed by atoms with Crippen molar-refractivity contribution in [3.05, 3.63) is 94.0 Å². The molecular formula is C31H28F7NO2. The van der Waals surface area contributed by atoms with Crippen molar-refractivity contribution in [1.82, 2.24) is 4.90 Å². The first-order valence-corrected chi connectivity index (χ1v) is 13.5. The van der Waals surface area contributed by atoms with E-state index in [2.05, 4.69) is 9.84 Å². The number of alkyl halides is 4. The van der Waals surface area contributed by atoms with Crippen molar-refractivity contribution in [3.8, 4) is 11.5 Å². The van der Waals surface area contributed by atoms with Crippen molar-refractivity contribution in [3.63, 3.8) is 0 Å². The Hall–Kier alpha value is -3.53. The van der Waals surface area contributed by atoms with Gasteiger partial charge in [-0.1, -0.05) is 24.3 Å². The number of rotatable bonds is 8. The molecule has 2 aliphatic rings. The predicted octanol–water partition coefficient (Wildman–Crippen LogP) is 8.36. The van der Waals surface area contributed by atoms with E-state index >= 15 is 4.39 Å². The maximum absolute atomic E-state index is 15.2. The number of benzene rings is 3. The molecule has 1 heterocycles. The van der Waals surface area contributed by atoms with E-state index in [0.717, 1.165) is 31.2 Å². The fourth-order valence-electron chi connectivity index (χ4n) is 5.75. The third kappa shape index (κ3) is 6.22. The van der Waals surface area contributed by atoms with Crippen LogP contribution >= 0.6 is 0 Å². The number of hydrogen-bond donors (Lipinski definition) is 0. The van der Waals surface area contributed by atoms with Crippen molar-refractivity contribution in [2.75, 3.05) is 26.3 Å². The van der Waals surface area contributed by atoms with E-state index in [0.29, 0.717) is 48.0 Å². The fourth-order valence-corrected chi connectivity index (χ4v) is 5.75. The summed E-state index contributed by atoms with van der Waals surface area (Å²) in [6, 6.07) is 11.8. The van der Waals surface area contributed by atoms with Crippen LogP contribution in [-0.2, 0) is 12.6 Å². The highest BCUT2D eigenvalue weighted by Gasteiger charge is 2.36. The first-order chi connectivity index (χ1) is 19.7. The van der Waals surface area contributed by atoms with Gasteiger partial charge in [0.25, 0.3) is 0 Å². The first kappa shape index (κ1) is 29.0. The largest absolute Gasteiger partial charge is 0.489 e. The predicted molar refractivity (Wildman–Crippen MR) is 141 cm³/mol. The summed E-state index contributed by atoms with van der Waals surface area (Å²) in [5, 5.41) is 0. The van der Waals surface area contributed by atoms with E-state index in [9.17, 15) is 26.5 Å². The zero-order valence-corrected chi connectivity index (χ0v) is 22.0. The standard InChI is InChI=1S/C31H28F7NO2/c32-14-2-15-39-16-13-22(18-39)40-21-8-5-19(6-9-21)29-24(23-10-7-20(33)17-27(23)31(35,36)37)3-1-4-26-25(29)11-12-28(41-38)30(26)34/h5-12,17,22H,1-4,13-16,18H2/t22-/m0/s1. The maximum atomic E-state index is 15.2. The van der Waals surface area contributed by atoms with Crippen LogP contribution in [0.25, 0.3) is 11.1 Å². The van der Waals surface area contributed by atoms with Gasteiger partial charge in [0.05, 0.1) is 12.2 Å². The SMILES string of the molecule is FCCCN1CC[C@H](Oc2ccc(C3=C(c4ccc(F)cc4C(F)(F)F)CCCc4c3ccc(OF)c4F)cc2)C1. The molecule has 3 aromatic carbocycles. The van der Waals surface area contributed by atoms with E-state index in [1.54, 1.807) is 24.3 Å². The van der Waals surface area contributed by atoms with Gasteiger partial charge in [-0.25, -0.2) is 8.78 Å². The fraction of sp³-hybridized carbons (Fsp3) is 0.355. The second-order valence-corrected chi connectivity index (χ2v) is 10.3. The van der Waals surface area contributed by atoms with Crippen LogP contribution < -0.4 is 9.68 Å². The minimum atomic E-state index is -4.83. The number of nitrogens with zero attached hydrogens (tertiary/aromatic N) is 1. The molecule has 0 aromatic heterocycles. The topological polar surface area (TPSA) is 21.7 Å². The number of ether oxygens (including phenoxy) is 1. The van der Waals surface area contributed by atoms with Crippen LogP contribution in [0.5, 0.6) is 11.5 Å². The van der Waals surface area contributed by atoms with Gasteiger partial charge in [0.1, 0.15) is 17.7 Å². The van der Waals surface area contributed by atoms with Gasteiger partial charge >= 0.3 is 6.18 Å². The smallest absolute Gasteiger partial charge is 0.417 e. The summed E-state index contributed by atoms with van der Waals surface area (Å²) in [5.74, 6) is -2.00. The molecule has 41 heavy (non-hydrogen) atoms. The molecule has 1 saturated heterocycles. The molecule has 1 aliphatic carbocycles. The molecule has 0 N–H and O–H groups in total. The number of allylic oxidation sites excluding steroid dienone is 1. The van der Waals surface area contributed by atoms with E-state index in [-0.39, 0.29) is 48.7 Å². The number of likely N-dealkylation sites (tertiary alicyclic amines) is 1. The van der Waals surface area contributed by atoms with Gasteiger partial charge in [0.2, 0.25) is 5.75 Å². The second-order valence-electron chi connectivity index (χ2n) is 10.3. The molecule has 1 fully saturated rings. The second kappa shape index (κ2) is 12.1. The molecule has 3 nitrogen and oxygen atoms in total. The number of hydrogen-bond acceptors (Lipinski definition) is 3. The zero-order chi connectivity index (χ0) is 29.1. The first-order valence-electron chi connectivity index (χ1n) is 13.5. The lowest BCUT2D eigenvalue weighted by molar-refractivity contribution is -0.138. The molecule has 0 amide bonds. The van der Waals surface area contributed by atoms with Gasteiger partial charge in [0.15, 0.2) is 5.82 Å². The Balaban J connectivity index is 1.58. The van der Waals surface area contributed by atoms with E-state index in [1.807, 2.05) is 0 Å². The Morgan fingerprint density at radius 1 is 0.927 bits per heavy atom. The normalized spacial score (nSPS) is 17.9. The summed E-state index contributed by atoms with van der Waals surface area (Å²) in [6.45, 7) is 1.73. The summed E-state index contributed by atoms with van der Waals surface area (Å²) < 4.78 is 103. The third-order valence-electron chi connectivity index (χ3n) is 7.61.